The lowest BCUT2D eigenvalue weighted by molar-refractivity contribution is -0.117. The van der Waals surface area contributed by atoms with Gasteiger partial charge in [0.05, 0.1) is 17.6 Å². The van der Waals surface area contributed by atoms with Gasteiger partial charge in [0.1, 0.15) is 5.82 Å². The molecule has 5 rings (SSSR count). The quantitative estimate of drug-likeness (QED) is 0.370. The first-order chi connectivity index (χ1) is 15.0. The summed E-state index contributed by atoms with van der Waals surface area (Å²) in [5, 5.41) is 1.24. The number of hydrogen-bond acceptors (Lipinski definition) is 2. The number of imidazole rings is 1. The minimum atomic E-state index is 0.00674. The predicted molar refractivity (Wildman–Crippen MR) is 126 cm³/mol. The molecule has 0 radical (unpaired) electrons. The number of para-hydroxylation sites is 2. The Morgan fingerprint density at radius 2 is 1.81 bits per heavy atom. The van der Waals surface area contributed by atoms with Crippen molar-refractivity contribution in [3.63, 3.8) is 0 Å². The molecule has 6 heteroatoms. The zero-order chi connectivity index (χ0) is 21.5. The summed E-state index contributed by atoms with van der Waals surface area (Å²) < 4.78 is 2.18. The van der Waals surface area contributed by atoms with Crippen LogP contribution in [0.2, 0.25) is 10.0 Å². The van der Waals surface area contributed by atoms with Gasteiger partial charge in [-0.15, -0.1) is 0 Å². The lowest BCUT2D eigenvalue weighted by Gasteiger charge is -2.18. The molecular formula is C25H21Cl2N3O. The van der Waals surface area contributed by atoms with Crippen molar-refractivity contribution in [3.05, 3.63) is 93.7 Å². The zero-order valence-corrected chi connectivity index (χ0v) is 18.6. The van der Waals surface area contributed by atoms with Crippen molar-refractivity contribution < 1.29 is 4.79 Å². The number of carbonyl (C=O) groups is 1. The van der Waals surface area contributed by atoms with Crippen LogP contribution in [0.15, 0.2) is 66.7 Å². The van der Waals surface area contributed by atoms with Gasteiger partial charge >= 0.3 is 0 Å². The summed E-state index contributed by atoms with van der Waals surface area (Å²) in [6.45, 7) is 3.23. The van der Waals surface area contributed by atoms with Crippen LogP contribution < -0.4 is 4.90 Å². The molecule has 0 bridgehead atoms. The summed E-state index contributed by atoms with van der Waals surface area (Å²) in [6, 6.07) is 21.7. The van der Waals surface area contributed by atoms with Crippen LogP contribution in [-0.4, -0.2) is 22.0 Å². The molecule has 0 N–H and O–H groups in total. The lowest BCUT2D eigenvalue weighted by Crippen LogP contribution is -2.24. The van der Waals surface area contributed by atoms with E-state index in [9.17, 15) is 4.79 Å². The van der Waals surface area contributed by atoms with Crippen LogP contribution in [0.1, 0.15) is 29.3 Å². The lowest BCUT2D eigenvalue weighted by atomic mass is 10.1. The minimum absolute atomic E-state index is 0.00674. The number of anilines is 1. The molecule has 1 amide bonds. The second-order valence-corrected chi connectivity index (χ2v) is 8.87. The minimum Gasteiger partial charge on any atom is -0.323 e. The highest BCUT2D eigenvalue weighted by Gasteiger charge is 2.34. The molecule has 4 nitrogen and oxygen atoms in total. The van der Waals surface area contributed by atoms with E-state index >= 15 is 0 Å². The molecule has 1 aromatic heterocycles. The van der Waals surface area contributed by atoms with E-state index < -0.39 is 0 Å². The fourth-order valence-electron chi connectivity index (χ4n) is 4.25. The Morgan fingerprint density at radius 3 is 2.58 bits per heavy atom. The molecule has 1 atom stereocenters. The van der Waals surface area contributed by atoms with E-state index in [1.807, 2.05) is 66.4 Å². The van der Waals surface area contributed by atoms with Crippen LogP contribution in [-0.2, 0) is 11.3 Å². The SMILES string of the molecule is Cc1ccc(N2C[C@H](c3nc4ccccc4n3Cc3ccc(Cl)cc3Cl)CC2=O)cc1. The first-order valence-electron chi connectivity index (χ1n) is 10.3. The molecule has 0 aliphatic carbocycles. The van der Waals surface area contributed by atoms with E-state index in [-0.39, 0.29) is 11.8 Å². The van der Waals surface area contributed by atoms with Crippen LogP contribution in [0.3, 0.4) is 0 Å². The zero-order valence-electron chi connectivity index (χ0n) is 17.1. The summed E-state index contributed by atoms with van der Waals surface area (Å²) in [7, 11) is 0. The second-order valence-electron chi connectivity index (χ2n) is 8.02. The van der Waals surface area contributed by atoms with Gasteiger partial charge in [-0.25, -0.2) is 4.98 Å². The molecule has 156 valence electrons. The fourth-order valence-corrected chi connectivity index (χ4v) is 4.72. The summed E-state index contributed by atoms with van der Waals surface area (Å²) >= 11 is 12.6. The van der Waals surface area contributed by atoms with Crippen molar-refractivity contribution in [2.75, 3.05) is 11.4 Å². The van der Waals surface area contributed by atoms with Crippen molar-refractivity contribution in [2.24, 2.45) is 0 Å². The highest BCUT2D eigenvalue weighted by atomic mass is 35.5. The van der Waals surface area contributed by atoms with Crippen molar-refractivity contribution >= 4 is 45.8 Å². The molecule has 31 heavy (non-hydrogen) atoms. The third kappa shape index (κ3) is 3.82. The Kier molecular flexibility index (Phi) is 5.20. The molecule has 4 aromatic rings. The van der Waals surface area contributed by atoms with Gasteiger partial charge in [-0.2, -0.15) is 0 Å². The normalized spacial score (nSPS) is 16.4. The Labute approximate surface area is 191 Å². The van der Waals surface area contributed by atoms with Crippen molar-refractivity contribution in [1.29, 1.82) is 0 Å². The molecule has 3 aromatic carbocycles. The molecule has 1 fully saturated rings. The van der Waals surface area contributed by atoms with Gasteiger partial charge in [0.15, 0.2) is 0 Å². The van der Waals surface area contributed by atoms with E-state index in [1.54, 1.807) is 6.07 Å². The highest BCUT2D eigenvalue weighted by Crippen LogP contribution is 2.34. The Bertz CT molecular complexity index is 1280. The average Bonchev–Trinajstić information content (AvgIpc) is 3.31. The largest absolute Gasteiger partial charge is 0.323 e. The van der Waals surface area contributed by atoms with Gasteiger partial charge in [-0.1, -0.05) is 59.1 Å². The third-order valence-electron chi connectivity index (χ3n) is 5.86. The van der Waals surface area contributed by atoms with Crippen molar-refractivity contribution in [1.82, 2.24) is 9.55 Å². The number of amides is 1. The number of halogens is 2. The summed E-state index contributed by atoms with van der Waals surface area (Å²) in [5.41, 5.74) is 5.03. The molecular weight excluding hydrogens is 429 g/mol. The summed E-state index contributed by atoms with van der Waals surface area (Å²) in [4.78, 5) is 19.7. The topological polar surface area (TPSA) is 38.1 Å². The first kappa shape index (κ1) is 20.1. The van der Waals surface area contributed by atoms with Gasteiger partial charge in [0.2, 0.25) is 5.91 Å². The highest BCUT2D eigenvalue weighted by molar-refractivity contribution is 6.35. The molecule has 1 aliphatic heterocycles. The van der Waals surface area contributed by atoms with E-state index in [4.69, 9.17) is 28.2 Å². The van der Waals surface area contributed by atoms with Crippen LogP contribution in [0, 0.1) is 6.92 Å². The number of aromatic nitrogens is 2. The summed E-state index contributed by atoms with van der Waals surface area (Å²) in [5.74, 6) is 1.04. The number of benzene rings is 3. The van der Waals surface area contributed by atoms with E-state index in [0.29, 0.717) is 29.6 Å². The Balaban J connectivity index is 1.53. The molecule has 0 saturated carbocycles. The van der Waals surface area contributed by atoms with Crippen LogP contribution in [0.25, 0.3) is 11.0 Å². The number of rotatable bonds is 4. The van der Waals surface area contributed by atoms with Gasteiger partial charge < -0.3 is 9.47 Å². The van der Waals surface area contributed by atoms with Crippen LogP contribution >= 0.6 is 23.2 Å². The maximum Gasteiger partial charge on any atom is 0.227 e. The fraction of sp³-hybridized carbons (Fsp3) is 0.200. The maximum atomic E-state index is 12.9. The smallest absolute Gasteiger partial charge is 0.227 e. The van der Waals surface area contributed by atoms with Crippen molar-refractivity contribution in [2.45, 2.75) is 25.8 Å². The summed E-state index contributed by atoms with van der Waals surface area (Å²) in [6.07, 6.45) is 0.436. The van der Waals surface area contributed by atoms with E-state index in [2.05, 4.69) is 10.6 Å². The van der Waals surface area contributed by atoms with Crippen LogP contribution in [0.5, 0.6) is 0 Å². The Hall–Kier alpha value is -2.82. The number of hydrogen-bond donors (Lipinski definition) is 0. The number of nitrogens with zero attached hydrogens (tertiary/aromatic N) is 3. The van der Waals surface area contributed by atoms with E-state index in [0.717, 1.165) is 28.1 Å². The van der Waals surface area contributed by atoms with Crippen LogP contribution in [0.4, 0.5) is 5.69 Å². The average molecular weight is 450 g/mol. The molecule has 1 saturated heterocycles. The number of carbonyl (C=O) groups excluding carboxylic acids is 1. The molecule has 0 spiro atoms. The molecule has 1 aliphatic rings. The third-order valence-corrected chi connectivity index (χ3v) is 6.45. The van der Waals surface area contributed by atoms with E-state index in [1.165, 1.54) is 5.56 Å². The first-order valence-corrected chi connectivity index (χ1v) is 11.0. The number of aryl methyl sites for hydroxylation is 1. The standard InChI is InChI=1S/C25H21Cl2N3O/c1-16-6-10-20(11-7-16)29-15-18(12-24(29)31)25-28-22-4-2-3-5-23(22)30(25)14-17-8-9-19(26)13-21(17)27/h2-11,13,18H,12,14-15H2,1H3/t18-/m1/s1. The van der Waals surface area contributed by atoms with Gasteiger partial charge in [-0.3, -0.25) is 4.79 Å². The van der Waals surface area contributed by atoms with Gasteiger partial charge in [0.25, 0.3) is 0 Å². The monoisotopic (exact) mass is 449 g/mol. The molecule has 0 unspecified atom stereocenters. The van der Waals surface area contributed by atoms with Gasteiger partial charge in [0, 0.05) is 34.6 Å². The maximum absolute atomic E-state index is 12.9. The Morgan fingerprint density at radius 1 is 1.03 bits per heavy atom. The number of fused-ring (bicyclic) bond motifs is 1. The van der Waals surface area contributed by atoms with Gasteiger partial charge in [-0.05, 0) is 48.9 Å². The molecule has 2 heterocycles. The predicted octanol–water partition coefficient (Wildman–Crippen LogP) is 6.22. The second kappa shape index (κ2) is 8.03. The van der Waals surface area contributed by atoms with Crippen molar-refractivity contribution in [3.8, 4) is 0 Å².